The minimum absolute atomic E-state index is 0.0242. The number of piperazine rings is 1. The zero-order valence-electron chi connectivity index (χ0n) is 11.8. The summed E-state index contributed by atoms with van der Waals surface area (Å²) in [4.78, 5) is 20.3. The van der Waals surface area contributed by atoms with Crippen LogP contribution >= 0.6 is 0 Å². The number of carbonyl (C=O) groups excluding carboxylic acids is 1. The maximum atomic E-state index is 12.3. The largest absolute Gasteiger partial charge is 0.336 e. The third-order valence-electron chi connectivity index (χ3n) is 4.25. The van der Waals surface area contributed by atoms with Crippen LogP contribution in [0, 0.1) is 0 Å². The summed E-state index contributed by atoms with van der Waals surface area (Å²) in [6, 6.07) is 3.57. The molecule has 2 saturated heterocycles. The lowest BCUT2D eigenvalue weighted by Gasteiger charge is -2.37. The molecule has 0 saturated carbocycles. The molecule has 0 unspecified atom stereocenters. The quantitative estimate of drug-likeness (QED) is 0.770. The molecular formula is C14H19N3O3S. The van der Waals surface area contributed by atoms with Crippen molar-refractivity contribution in [2.24, 2.45) is 0 Å². The van der Waals surface area contributed by atoms with Crippen LogP contribution in [0.4, 0.5) is 0 Å². The van der Waals surface area contributed by atoms with Gasteiger partial charge >= 0.3 is 0 Å². The van der Waals surface area contributed by atoms with Gasteiger partial charge in [0.25, 0.3) is 5.91 Å². The number of hydrogen-bond acceptors (Lipinski definition) is 5. The van der Waals surface area contributed by atoms with Crippen molar-refractivity contribution in [2.75, 3.05) is 37.7 Å². The van der Waals surface area contributed by atoms with Crippen LogP contribution in [-0.4, -0.2) is 72.8 Å². The Kier molecular flexibility index (Phi) is 3.95. The molecule has 0 spiro atoms. The highest BCUT2D eigenvalue weighted by atomic mass is 32.2. The number of hydrogen-bond donors (Lipinski definition) is 0. The van der Waals surface area contributed by atoms with E-state index in [1.807, 2.05) is 4.90 Å². The van der Waals surface area contributed by atoms with E-state index in [1.54, 1.807) is 24.5 Å². The van der Waals surface area contributed by atoms with Crippen LogP contribution in [0.1, 0.15) is 16.8 Å². The Bertz CT molecular complexity index is 610. The monoisotopic (exact) mass is 309 g/mol. The van der Waals surface area contributed by atoms with E-state index in [-0.39, 0.29) is 17.7 Å². The zero-order chi connectivity index (χ0) is 14.9. The number of rotatable bonds is 2. The van der Waals surface area contributed by atoms with Crippen molar-refractivity contribution in [3.8, 4) is 0 Å². The SMILES string of the molecule is O=C(c1ccncc1)N1CCN([C@@H]2CCS(=O)(=O)C2)CC1. The second kappa shape index (κ2) is 5.73. The smallest absolute Gasteiger partial charge is 0.254 e. The predicted octanol–water partition coefficient (Wildman–Crippen LogP) is 0.0265. The highest BCUT2D eigenvalue weighted by Crippen LogP contribution is 2.19. The molecule has 6 nitrogen and oxygen atoms in total. The Labute approximate surface area is 124 Å². The average molecular weight is 309 g/mol. The number of sulfone groups is 1. The lowest BCUT2D eigenvalue weighted by molar-refractivity contribution is 0.0587. The summed E-state index contributed by atoms with van der Waals surface area (Å²) in [5.74, 6) is 0.593. The second-order valence-corrected chi connectivity index (χ2v) is 7.85. The third-order valence-corrected chi connectivity index (χ3v) is 6.00. The molecule has 0 radical (unpaired) electrons. The van der Waals surface area contributed by atoms with Crippen molar-refractivity contribution >= 4 is 15.7 Å². The van der Waals surface area contributed by atoms with Gasteiger partial charge < -0.3 is 4.90 Å². The van der Waals surface area contributed by atoms with E-state index in [0.29, 0.717) is 24.4 Å². The molecule has 1 aromatic heterocycles. The highest BCUT2D eigenvalue weighted by molar-refractivity contribution is 7.91. The van der Waals surface area contributed by atoms with E-state index in [0.717, 1.165) is 19.5 Å². The fourth-order valence-electron chi connectivity index (χ4n) is 3.03. The minimum Gasteiger partial charge on any atom is -0.336 e. The van der Waals surface area contributed by atoms with E-state index in [2.05, 4.69) is 9.88 Å². The summed E-state index contributed by atoms with van der Waals surface area (Å²) in [6.07, 6.45) is 3.96. The Morgan fingerprint density at radius 3 is 2.38 bits per heavy atom. The van der Waals surface area contributed by atoms with Gasteiger partial charge in [0.15, 0.2) is 9.84 Å². The summed E-state index contributed by atoms with van der Waals surface area (Å²) >= 11 is 0. The first-order valence-electron chi connectivity index (χ1n) is 7.19. The number of carbonyl (C=O) groups is 1. The molecule has 0 aromatic carbocycles. The van der Waals surface area contributed by atoms with Crippen LogP contribution in [-0.2, 0) is 9.84 Å². The van der Waals surface area contributed by atoms with Crippen LogP contribution in [0.25, 0.3) is 0 Å². The Morgan fingerprint density at radius 1 is 1.14 bits per heavy atom. The van der Waals surface area contributed by atoms with Gasteiger partial charge in [-0.1, -0.05) is 0 Å². The lowest BCUT2D eigenvalue weighted by Crippen LogP contribution is -2.52. The summed E-state index contributed by atoms with van der Waals surface area (Å²) in [6.45, 7) is 2.80. The van der Waals surface area contributed by atoms with Crippen molar-refractivity contribution in [3.63, 3.8) is 0 Å². The summed E-state index contributed by atoms with van der Waals surface area (Å²) in [5.41, 5.74) is 0.655. The molecule has 3 heterocycles. The van der Waals surface area contributed by atoms with Crippen LogP contribution in [0.3, 0.4) is 0 Å². The fraction of sp³-hybridized carbons (Fsp3) is 0.571. The molecule has 1 atom stereocenters. The minimum atomic E-state index is -2.85. The van der Waals surface area contributed by atoms with E-state index in [1.165, 1.54) is 0 Å². The van der Waals surface area contributed by atoms with E-state index >= 15 is 0 Å². The Hall–Kier alpha value is -1.47. The average Bonchev–Trinajstić information content (AvgIpc) is 2.88. The van der Waals surface area contributed by atoms with Crippen molar-refractivity contribution in [3.05, 3.63) is 30.1 Å². The van der Waals surface area contributed by atoms with Gasteiger partial charge in [0.05, 0.1) is 11.5 Å². The van der Waals surface area contributed by atoms with Gasteiger partial charge in [0.2, 0.25) is 0 Å². The number of amides is 1. The van der Waals surface area contributed by atoms with Gasteiger partial charge in [0, 0.05) is 50.2 Å². The standard InChI is InChI=1S/C14H19N3O3S/c18-14(12-1-4-15-5-2-12)17-8-6-16(7-9-17)13-3-10-21(19,20)11-13/h1-2,4-5,13H,3,6-11H2/t13-/m1/s1. The molecule has 0 N–H and O–H groups in total. The highest BCUT2D eigenvalue weighted by Gasteiger charge is 2.34. The molecule has 1 amide bonds. The summed E-state index contributed by atoms with van der Waals surface area (Å²) < 4.78 is 23.1. The fourth-order valence-corrected chi connectivity index (χ4v) is 4.79. The van der Waals surface area contributed by atoms with Gasteiger partial charge in [-0.05, 0) is 18.6 Å². The zero-order valence-corrected chi connectivity index (χ0v) is 12.6. The number of pyridine rings is 1. The summed E-state index contributed by atoms with van der Waals surface area (Å²) in [5, 5.41) is 0. The van der Waals surface area contributed by atoms with Crippen LogP contribution < -0.4 is 0 Å². The molecule has 2 aliphatic rings. The molecule has 114 valence electrons. The molecule has 2 aliphatic heterocycles. The first-order chi connectivity index (χ1) is 10.1. The van der Waals surface area contributed by atoms with Gasteiger partial charge in [0.1, 0.15) is 0 Å². The molecule has 0 aliphatic carbocycles. The lowest BCUT2D eigenvalue weighted by atomic mass is 10.1. The maximum Gasteiger partial charge on any atom is 0.254 e. The van der Waals surface area contributed by atoms with Crippen LogP contribution in [0.15, 0.2) is 24.5 Å². The molecule has 0 bridgehead atoms. The Balaban J connectivity index is 1.57. The Morgan fingerprint density at radius 2 is 1.81 bits per heavy atom. The van der Waals surface area contributed by atoms with E-state index in [4.69, 9.17) is 0 Å². The summed E-state index contributed by atoms with van der Waals surface area (Å²) in [7, 11) is -2.85. The topological polar surface area (TPSA) is 70.6 Å². The molecule has 2 fully saturated rings. The van der Waals surface area contributed by atoms with Crippen molar-refractivity contribution in [1.29, 1.82) is 0 Å². The van der Waals surface area contributed by atoms with E-state index in [9.17, 15) is 13.2 Å². The van der Waals surface area contributed by atoms with Gasteiger partial charge in [-0.25, -0.2) is 8.42 Å². The predicted molar refractivity (Wildman–Crippen MR) is 78.8 cm³/mol. The van der Waals surface area contributed by atoms with E-state index < -0.39 is 9.84 Å². The molecular weight excluding hydrogens is 290 g/mol. The van der Waals surface area contributed by atoms with Gasteiger partial charge in [-0.2, -0.15) is 0 Å². The number of nitrogens with zero attached hydrogens (tertiary/aromatic N) is 3. The normalized spacial score (nSPS) is 25.9. The van der Waals surface area contributed by atoms with Gasteiger partial charge in [-0.15, -0.1) is 0 Å². The third kappa shape index (κ3) is 3.24. The number of aromatic nitrogens is 1. The molecule has 7 heteroatoms. The molecule has 21 heavy (non-hydrogen) atoms. The first-order valence-corrected chi connectivity index (χ1v) is 9.01. The molecule has 3 rings (SSSR count). The maximum absolute atomic E-state index is 12.3. The van der Waals surface area contributed by atoms with Crippen molar-refractivity contribution in [1.82, 2.24) is 14.8 Å². The van der Waals surface area contributed by atoms with Crippen LogP contribution in [0.5, 0.6) is 0 Å². The molecule has 1 aromatic rings. The van der Waals surface area contributed by atoms with Gasteiger partial charge in [-0.3, -0.25) is 14.7 Å². The second-order valence-electron chi connectivity index (χ2n) is 5.62. The first kappa shape index (κ1) is 14.5. The van der Waals surface area contributed by atoms with Crippen molar-refractivity contribution in [2.45, 2.75) is 12.5 Å². The van der Waals surface area contributed by atoms with Crippen molar-refractivity contribution < 1.29 is 13.2 Å². The van der Waals surface area contributed by atoms with Crippen LogP contribution in [0.2, 0.25) is 0 Å².